The lowest BCUT2D eigenvalue weighted by Crippen LogP contribution is -2.31. The minimum atomic E-state index is -4.53. The number of hydrogen-bond donors (Lipinski definition) is 0. The molecule has 1 unspecified atom stereocenters. The van der Waals surface area contributed by atoms with Crippen LogP contribution in [0.4, 0.5) is 19.0 Å². The summed E-state index contributed by atoms with van der Waals surface area (Å²) < 4.78 is 51.9. The van der Waals surface area contributed by atoms with Crippen molar-refractivity contribution in [2.24, 2.45) is 17.8 Å². The molecule has 3 aromatic heterocycles. The highest BCUT2D eigenvalue weighted by molar-refractivity contribution is 5.71. The number of aromatic nitrogens is 5. The number of anilines is 1. The van der Waals surface area contributed by atoms with Crippen molar-refractivity contribution in [3.05, 3.63) is 36.4 Å². The fraction of sp³-hybridized carbons (Fsp3) is 0.500. The van der Waals surface area contributed by atoms with Gasteiger partial charge in [-0.2, -0.15) is 18.3 Å². The minimum Gasteiger partial charge on any atom is -0.491 e. The second kappa shape index (κ2) is 6.78. The average molecular weight is 432 g/mol. The van der Waals surface area contributed by atoms with Gasteiger partial charge in [0.25, 0.3) is 0 Å². The third kappa shape index (κ3) is 3.18. The number of hydrogen-bond acceptors (Lipinski definition) is 7. The van der Waals surface area contributed by atoms with Crippen LogP contribution in [0.15, 0.2) is 30.7 Å². The van der Waals surface area contributed by atoms with Crippen molar-refractivity contribution in [1.82, 2.24) is 24.7 Å². The Bertz CT molecular complexity index is 1120. The van der Waals surface area contributed by atoms with E-state index in [0.29, 0.717) is 25.0 Å². The Morgan fingerprint density at radius 3 is 2.65 bits per heavy atom. The molecule has 3 aromatic rings. The van der Waals surface area contributed by atoms with Gasteiger partial charge in [0.15, 0.2) is 11.3 Å². The Balaban J connectivity index is 1.11. The van der Waals surface area contributed by atoms with Crippen LogP contribution in [0.2, 0.25) is 0 Å². The van der Waals surface area contributed by atoms with Gasteiger partial charge in [-0.3, -0.25) is 0 Å². The Kier molecular flexibility index (Phi) is 4.11. The largest absolute Gasteiger partial charge is 0.491 e. The topological polar surface area (TPSA) is 78.2 Å². The number of pyridine rings is 1. The third-order valence-electron chi connectivity index (χ3n) is 6.42. The van der Waals surface area contributed by atoms with Crippen molar-refractivity contribution in [3.63, 3.8) is 0 Å². The number of nitrogens with zero attached hydrogens (tertiary/aromatic N) is 6. The first-order valence-electron chi connectivity index (χ1n) is 10.2. The van der Waals surface area contributed by atoms with Gasteiger partial charge in [0.2, 0.25) is 0 Å². The van der Waals surface area contributed by atoms with Gasteiger partial charge in [-0.15, -0.1) is 0 Å². The third-order valence-corrected chi connectivity index (χ3v) is 6.42. The van der Waals surface area contributed by atoms with Gasteiger partial charge >= 0.3 is 6.18 Å². The van der Waals surface area contributed by atoms with Crippen molar-refractivity contribution in [1.29, 1.82) is 0 Å². The molecule has 2 saturated heterocycles. The van der Waals surface area contributed by atoms with Crippen LogP contribution in [0.1, 0.15) is 11.7 Å². The summed E-state index contributed by atoms with van der Waals surface area (Å²) in [5.41, 5.74) is 0.533. The highest BCUT2D eigenvalue weighted by Crippen LogP contribution is 2.52. The molecule has 1 aliphatic carbocycles. The summed E-state index contributed by atoms with van der Waals surface area (Å²) >= 11 is 0. The average Bonchev–Trinajstić information content (AvgIpc) is 3.05. The smallest absolute Gasteiger partial charge is 0.437 e. The van der Waals surface area contributed by atoms with E-state index in [0.717, 1.165) is 36.3 Å². The first-order valence-corrected chi connectivity index (χ1v) is 10.2. The van der Waals surface area contributed by atoms with E-state index in [9.17, 15) is 13.2 Å². The molecule has 0 bridgehead atoms. The van der Waals surface area contributed by atoms with E-state index in [-0.39, 0.29) is 24.3 Å². The van der Waals surface area contributed by atoms with Gasteiger partial charge in [0.05, 0.1) is 32.2 Å². The molecule has 0 amide bonds. The van der Waals surface area contributed by atoms with Crippen LogP contribution in [0.5, 0.6) is 5.75 Å². The first-order chi connectivity index (χ1) is 15.0. The summed E-state index contributed by atoms with van der Waals surface area (Å²) in [5, 5.41) is 4.39. The van der Waals surface area contributed by atoms with Gasteiger partial charge in [-0.1, -0.05) is 0 Å². The fourth-order valence-corrected chi connectivity index (χ4v) is 4.58. The molecular weight excluding hydrogens is 413 g/mol. The van der Waals surface area contributed by atoms with E-state index >= 15 is 0 Å². The molecule has 162 valence electrons. The molecule has 0 N–H and O–H groups in total. The lowest BCUT2D eigenvalue weighted by atomic mass is 10.2. The summed E-state index contributed by atoms with van der Waals surface area (Å²) in [6, 6.07) is 2.97. The Labute approximate surface area is 175 Å². The molecule has 5 heterocycles. The van der Waals surface area contributed by atoms with E-state index in [2.05, 4.69) is 20.0 Å². The van der Waals surface area contributed by atoms with E-state index in [1.807, 2.05) is 4.68 Å². The quantitative estimate of drug-likeness (QED) is 0.613. The summed E-state index contributed by atoms with van der Waals surface area (Å²) in [5.74, 6) is 1.60. The molecule has 2 aliphatic heterocycles. The molecule has 3 atom stereocenters. The summed E-state index contributed by atoms with van der Waals surface area (Å²) in [7, 11) is 0. The second-order valence-electron chi connectivity index (χ2n) is 8.27. The molecule has 3 fully saturated rings. The van der Waals surface area contributed by atoms with Crippen molar-refractivity contribution in [2.75, 3.05) is 37.8 Å². The number of fused-ring (bicyclic) bond motifs is 2. The van der Waals surface area contributed by atoms with E-state index in [1.54, 1.807) is 12.4 Å². The van der Waals surface area contributed by atoms with Crippen LogP contribution in [0.3, 0.4) is 0 Å². The fourth-order valence-electron chi connectivity index (χ4n) is 4.58. The van der Waals surface area contributed by atoms with Crippen molar-refractivity contribution >= 4 is 17.0 Å². The predicted octanol–water partition coefficient (Wildman–Crippen LogP) is 2.57. The lowest BCUT2D eigenvalue weighted by molar-refractivity contribution is -0.142. The number of rotatable bonds is 5. The molecule has 6 rings (SSSR count). The summed E-state index contributed by atoms with van der Waals surface area (Å²) in [6.45, 7) is 3.10. The van der Waals surface area contributed by atoms with Crippen LogP contribution in [-0.4, -0.2) is 57.6 Å². The molecule has 0 radical (unpaired) electrons. The zero-order chi connectivity index (χ0) is 21.2. The van der Waals surface area contributed by atoms with Crippen LogP contribution < -0.4 is 9.64 Å². The zero-order valence-electron chi connectivity index (χ0n) is 16.4. The standard InChI is InChI=1S/C20H19F3N6O2/c21-20(22,23)18-16(2-1-3-24-18)31-10-14-12-6-28(7-13(12)14)17-5-25-15-4-26-29(19(15)27-17)11-8-30-9-11/h1-5,11-14H,6-10H2/t12-,13+,14?. The Morgan fingerprint density at radius 2 is 1.94 bits per heavy atom. The first kappa shape index (κ1) is 18.8. The lowest BCUT2D eigenvalue weighted by Gasteiger charge is -2.26. The predicted molar refractivity (Wildman–Crippen MR) is 103 cm³/mol. The molecule has 1 saturated carbocycles. The van der Waals surface area contributed by atoms with Crippen molar-refractivity contribution in [3.8, 4) is 5.75 Å². The molecule has 8 nitrogen and oxygen atoms in total. The van der Waals surface area contributed by atoms with E-state index < -0.39 is 11.9 Å². The molecule has 11 heteroatoms. The maximum Gasteiger partial charge on any atom is 0.437 e. The maximum atomic E-state index is 13.1. The molecule has 0 aromatic carbocycles. The molecule has 3 aliphatic rings. The number of alkyl halides is 3. The minimum absolute atomic E-state index is 0.199. The number of ether oxygens (including phenoxy) is 2. The van der Waals surface area contributed by atoms with Crippen LogP contribution >= 0.6 is 0 Å². The Morgan fingerprint density at radius 1 is 1.13 bits per heavy atom. The van der Waals surface area contributed by atoms with Gasteiger partial charge in [0.1, 0.15) is 23.1 Å². The monoisotopic (exact) mass is 432 g/mol. The highest BCUT2D eigenvalue weighted by atomic mass is 19.4. The van der Waals surface area contributed by atoms with Gasteiger partial charge in [0, 0.05) is 25.2 Å². The molecular formula is C20H19F3N6O2. The van der Waals surface area contributed by atoms with Crippen molar-refractivity contribution in [2.45, 2.75) is 12.2 Å². The van der Waals surface area contributed by atoms with E-state index in [1.165, 1.54) is 12.1 Å². The Hall–Kier alpha value is -2.95. The normalized spacial score (nSPS) is 25.5. The number of piperidine rings is 1. The van der Waals surface area contributed by atoms with Crippen molar-refractivity contribution < 1.29 is 22.6 Å². The maximum absolute atomic E-state index is 13.1. The van der Waals surface area contributed by atoms with Gasteiger partial charge in [-0.25, -0.2) is 19.6 Å². The highest BCUT2D eigenvalue weighted by Gasteiger charge is 2.56. The van der Waals surface area contributed by atoms with Gasteiger partial charge < -0.3 is 14.4 Å². The molecule has 0 spiro atoms. The number of halogens is 3. The van der Waals surface area contributed by atoms with Gasteiger partial charge in [-0.05, 0) is 24.0 Å². The van der Waals surface area contributed by atoms with Crippen LogP contribution in [-0.2, 0) is 10.9 Å². The summed E-state index contributed by atoms with van der Waals surface area (Å²) in [6.07, 6.45) is 0.0729. The second-order valence-corrected chi connectivity index (χ2v) is 8.27. The van der Waals surface area contributed by atoms with Crippen LogP contribution in [0, 0.1) is 17.8 Å². The zero-order valence-corrected chi connectivity index (χ0v) is 16.4. The van der Waals surface area contributed by atoms with E-state index in [4.69, 9.17) is 14.5 Å². The SMILES string of the molecule is FC(F)(F)c1ncccc1OCC1[C@H]2CN(c3cnc4cnn(C5COC5)c4n3)C[C@@H]12. The molecule has 31 heavy (non-hydrogen) atoms. The van der Waals surface area contributed by atoms with Crippen LogP contribution in [0.25, 0.3) is 11.2 Å². The summed E-state index contributed by atoms with van der Waals surface area (Å²) in [4.78, 5) is 14.9.